The van der Waals surface area contributed by atoms with Crippen LogP contribution < -0.4 is 5.32 Å². The molecule has 0 radical (unpaired) electrons. The minimum atomic E-state index is 0.366. The van der Waals surface area contributed by atoms with Gasteiger partial charge in [-0.1, -0.05) is 19.9 Å². The highest BCUT2D eigenvalue weighted by Gasteiger charge is 2.13. The minimum absolute atomic E-state index is 0.366. The zero-order valence-electron chi connectivity index (χ0n) is 12.0. The lowest BCUT2D eigenvalue weighted by Gasteiger charge is -2.21. The van der Waals surface area contributed by atoms with Crippen LogP contribution in [0.4, 0.5) is 0 Å². The maximum Gasteiger partial charge on any atom is 0.137 e. The normalized spacial score (nSPS) is 13.3. The van der Waals surface area contributed by atoms with Crippen molar-refractivity contribution in [2.45, 2.75) is 33.4 Å². The smallest absolute Gasteiger partial charge is 0.137 e. The van der Waals surface area contributed by atoms with Crippen molar-refractivity contribution in [1.29, 1.82) is 0 Å². The molecule has 0 aliphatic carbocycles. The number of fused-ring (bicyclic) bond motifs is 1. The lowest BCUT2D eigenvalue weighted by atomic mass is 10.1. The van der Waals surface area contributed by atoms with Gasteiger partial charge in [-0.2, -0.15) is 0 Å². The average Bonchev–Trinajstić information content (AvgIpc) is 2.81. The molecule has 0 bridgehead atoms. The van der Waals surface area contributed by atoms with E-state index in [4.69, 9.17) is 4.74 Å². The Kier molecular flexibility index (Phi) is 4.93. The fraction of sp³-hybridized carbons (Fsp3) is 0.533. The number of nitrogens with one attached hydrogen (secondary N) is 1. The summed E-state index contributed by atoms with van der Waals surface area (Å²) in [5.74, 6) is 0.545. The Morgan fingerprint density at radius 3 is 2.89 bits per heavy atom. The molecular formula is C15H23N3O. The number of ether oxygens (including phenoxy) is 1. The fourth-order valence-electron chi connectivity index (χ4n) is 2.04. The lowest BCUT2D eigenvalue weighted by Crippen LogP contribution is -2.37. The Hall–Kier alpha value is -1.39. The van der Waals surface area contributed by atoms with Gasteiger partial charge in [-0.05, 0) is 25.0 Å². The zero-order chi connectivity index (χ0) is 13.7. The SMILES string of the molecule is CCOCC(NCc1cn2ccccc2n1)C(C)C. The minimum Gasteiger partial charge on any atom is -0.380 e. The molecule has 19 heavy (non-hydrogen) atoms. The largest absolute Gasteiger partial charge is 0.380 e. The molecule has 2 heterocycles. The Morgan fingerprint density at radius 2 is 2.21 bits per heavy atom. The van der Waals surface area contributed by atoms with E-state index in [1.807, 2.05) is 35.7 Å². The summed E-state index contributed by atoms with van der Waals surface area (Å²) in [7, 11) is 0. The van der Waals surface area contributed by atoms with E-state index < -0.39 is 0 Å². The highest BCUT2D eigenvalue weighted by molar-refractivity contribution is 5.39. The highest BCUT2D eigenvalue weighted by Crippen LogP contribution is 2.07. The first-order valence-electron chi connectivity index (χ1n) is 6.94. The van der Waals surface area contributed by atoms with Crippen molar-refractivity contribution in [1.82, 2.24) is 14.7 Å². The van der Waals surface area contributed by atoms with E-state index in [0.29, 0.717) is 12.0 Å². The summed E-state index contributed by atoms with van der Waals surface area (Å²) >= 11 is 0. The van der Waals surface area contributed by atoms with Crippen LogP contribution in [-0.4, -0.2) is 28.6 Å². The van der Waals surface area contributed by atoms with Crippen LogP contribution in [0.25, 0.3) is 5.65 Å². The molecule has 4 nitrogen and oxygen atoms in total. The van der Waals surface area contributed by atoms with Crippen LogP contribution in [0.3, 0.4) is 0 Å². The van der Waals surface area contributed by atoms with Crippen molar-refractivity contribution in [2.75, 3.05) is 13.2 Å². The van der Waals surface area contributed by atoms with Crippen LogP contribution in [0, 0.1) is 5.92 Å². The molecule has 0 aromatic carbocycles. The summed E-state index contributed by atoms with van der Waals surface area (Å²) in [4.78, 5) is 4.58. The highest BCUT2D eigenvalue weighted by atomic mass is 16.5. The van der Waals surface area contributed by atoms with E-state index in [0.717, 1.165) is 31.1 Å². The first-order chi connectivity index (χ1) is 9.20. The standard InChI is InChI=1S/C15H23N3O/c1-4-19-11-14(12(2)3)16-9-13-10-18-8-6-5-7-15(18)17-13/h5-8,10,12,14,16H,4,9,11H2,1-3H3. The van der Waals surface area contributed by atoms with E-state index in [1.165, 1.54) is 0 Å². The summed E-state index contributed by atoms with van der Waals surface area (Å²) < 4.78 is 7.56. The van der Waals surface area contributed by atoms with Crippen LogP contribution in [-0.2, 0) is 11.3 Å². The molecule has 1 atom stereocenters. The molecule has 2 aromatic heterocycles. The molecule has 0 fully saturated rings. The van der Waals surface area contributed by atoms with Gasteiger partial charge in [0, 0.05) is 31.6 Å². The van der Waals surface area contributed by atoms with Crippen LogP contribution in [0.1, 0.15) is 26.5 Å². The van der Waals surface area contributed by atoms with Crippen LogP contribution in [0.2, 0.25) is 0 Å². The molecule has 0 aliphatic heterocycles. The Bertz CT molecular complexity index is 474. The second kappa shape index (κ2) is 6.68. The number of pyridine rings is 1. The van der Waals surface area contributed by atoms with Crippen molar-refractivity contribution in [3.8, 4) is 0 Å². The molecule has 1 N–H and O–H groups in total. The van der Waals surface area contributed by atoms with E-state index in [9.17, 15) is 0 Å². The Labute approximate surface area is 114 Å². The van der Waals surface area contributed by atoms with Gasteiger partial charge in [0.1, 0.15) is 5.65 Å². The van der Waals surface area contributed by atoms with Gasteiger partial charge in [-0.3, -0.25) is 0 Å². The molecule has 0 amide bonds. The third-order valence-corrected chi connectivity index (χ3v) is 3.27. The third-order valence-electron chi connectivity index (χ3n) is 3.27. The van der Waals surface area contributed by atoms with E-state index in [2.05, 4.69) is 30.3 Å². The Morgan fingerprint density at radius 1 is 1.37 bits per heavy atom. The summed E-state index contributed by atoms with van der Waals surface area (Å²) in [6.07, 6.45) is 4.09. The van der Waals surface area contributed by atoms with E-state index >= 15 is 0 Å². The second-order valence-corrected chi connectivity index (χ2v) is 5.09. The first kappa shape index (κ1) is 14.0. The summed E-state index contributed by atoms with van der Waals surface area (Å²) in [5.41, 5.74) is 2.05. The maximum atomic E-state index is 5.52. The van der Waals surface area contributed by atoms with Gasteiger partial charge < -0.3 is 14.5 Å². The van der Waals surface area contributed by atoms with Gasteiger partial charge in [0.25, 0.3) is 0 Å². The maximum absolute atomic E-state index is 5.52. The molecule has 0 aliphatic rings. The van der Waals surface area contributed by atoms with Gasteiger partial charge in [0.2, 0.25) is 0 Å². The second-order valence-electron chi connectivity index (χ2n) is 5.09. The molecule has 4 heteroatoms. The molecule has 1 unspecified atom stereocenters. The van der Waals surface area contributed by atoms with Gasteiger partial charge in [-0.15, -0.1) is 0 Å². The van der Waals surface area contributed by atoms with E-state index in [1.54, 1.807) is 0 Å². The number of hydrogen-bond donors (Lipinski definition) is 1. The molecule has 0 saturated heterocycles. The van der Waals surface area contributed by atoms with Gasteiger partial charge in [0.15, 0.2) is 0 Å². The number of nitrogens with zero attached hydrogens (tertiary/aromatic N) is 2. The molecular weight excluding hydrogens is 238 g/mol. The molecule has 104 valence electrons. The third kappa shape index (κ3) is 3.78. The van der Waals surface area contributed by atoms with Crippen LogP contribution >= 0.6 is 0 Å². The van der Waals surface area contributed by atoms with Crippen molar-refractivity contribution in [2.24, 2.45) is 5.92 Å². The molecule has 2 rings (SSSR count). The number of imidazole rings is 1. The number of rotatable bonds is 7. The van der Waals surface area contributed by atoms with Gasteiger partial charge in [0.05, 0.1) is 12.3 Å². The monoisotopic (exact) mass is 261 g/mol. The van der Waals surface area contributed by atoms with E-state index in [-0.39, 0.29) is 0 Å². The first-order valence-corrected chi connectivity index (χ1v) is 6.94. The average molecular weight is 261 g/mol. The number of hydrogen-bond acceptors (Lipinski definition) is 3. The Balaban J connectivity index is 1.96. The van der Waals surface area contributed by atoms with Crippen molar-refractivity contribution < 1.29 is 4.74 Å². The zero-order valence-corrected chi connectivity index (χ0v) is 12.0. The van der Waals surface area contributed by atoms with Crippen LogP contribution in [0.15, 0.2) is 30.6 Å². The topological polar surface area (TPSA) is 38.6 Å². The predicted octanol–water partition coefficient (Wildman–Crippen LogP) is 2.49. The quantitative estimate of drug-likeness (QED) is 0.832. The van der Waals surface area contributed by atoms with Crippen LogP contribution in [0.5, 0.6) is 0 Å². The fourth-order valence-corrected chi connectivity index (χ4v) is 2.04. The van der Waals surface area contributed by atoms with Crippen molar-refractivity contribution in [3.63, 3.8) is 0 Å². The van der Waals surface area contributed by atoms with Gasteiger partial charge in [-0.25, -0.2) is 4.98 Å². The lowest BCUT2D eigenvalue weighted by molar-refractivity contribution is 0.107. The van der Waals surface area contributed by atoms with Gasteiger partial charge >= 0.3 is 0 Å². The molecule has 0 saturated carbocycles. The summed E-state index contributed by atoms with van der Waals surface area (Å²) in [6, 6.07) is 6.40. The summed E-state index contributed by atoms with van der Waals surface area (Å²) in [6.45, 7) is 8.73. The number of aromatic nitrogens is 2. The summed E-state index contributed by atoms with van der Waals surface area (Å²) in [5, 5.41) is 3.53. The molecule has 2 aromatic rings. The molecule has 0 spiro atoms. The van der Waals surface area contributed by atoms with Crippen molar-refractivity contribution in [3.05, 3.63) is 36.3 Å². The van der Waals surface area contributed by atoms with Crippen molar-refractivity contribution >= 4 is 5.65 Å². The predicted molar refractivity (Wildman–Crippen MR) is 77.2 cm³/mol.